The van der Waals surface area contributed by atoms with Gasteiger partial charge in [0.15, 0.2) is 0 Å². The molecule has 0 bridgehead atoms. The molecule has 0 aliphatic rings. The maximum Gasteiger partial charge on any atom is 0.129 e. The fourth-order valence-electron chi connectivity index (χ4n) is 0.709. The van der Waals surface area contributed by atoms with Crippen molar-refractivity contribution in [3.63, 3.8) is 0 Å². The Morgan fingerprint density at radius 3 is 2.70 bits per heavy atom. The van der Waals surface area contributed by atoms with Gasteiger partial charge in [-0.15, -0.1) is 0 Å². The maximum absolute atomic E-state index is 12.7. The van der Waals surface area contributed by atoms with Crippen LogP contribution in [0.1, 0.15) is 5.56 Å². The standard InChI is InChI=1S/C8H6BF/c1-2-6-3-4-7(9)5-8(6)10/h2-5H,1H2. The number of hydrogen-bond acceptors (Lipinski definition) is 0. The molecule has 1 rings (SSSR count). The summed E-state index contributed by atoms with van der Waals surface area (Å²) in [5.41, 5.74) is 0.914. The molecule has 0 saturated carbocycles. The Morgan fingerprint density at radius 2 is 2.20 bits per heavy atom. The van der Waals surface area contributed by atoms with Crippen LogP contribution in [0, 0.1) is 5.82 Å². The molecule has 2 radical (unpaired) electrons. The van der Waals surface area contributed by atoms with E-state index in [0.717, 1.165) is 0 Å². The highest BCUT2D eigenvalue weighted by atomic mass is 19.1. The molecular formula is C8H6BF. The summed E-state index contributed by atoms with van der Waals surface area (Å²) >= 11 is 0. The lowest BCUT2D eigenvalue weighted by Gasteiger charge is -1.96. The lowest BCUT2D eigenvalue weighted by Crippen LogP contribution is -2.02. The molecule has 10 heavy (non-hydrogen) atoms. The summed E-state index contributed by atoms with van der Waals surface area (Å²) < 4.78 is 12.7. The Morgan fingerprint density at radius 1 is 1.50 bits per heavy atom. The molecule has 0 heterocycles. The normalized spacial score (nSPS) is 9.30. The number of hydrogen-bond donors (Lipinski definition) is 0. The molecule has 0 spiro atoms. The predicted octanol–water partition coefficient (Wildman–Crippen LogP) is 1.26. The van der Waals surface area contributed by atoms with Gasteiger partial charge in [0.1, 0.15) is 13.7 Å². The zero-order valence-corrected chi connectivity index (χ0v) is 5.47. The van der Waals surface area contributed by atoms with E-state index in [1.165, 1.54) is 12.1 Å². The van der Waals surface area contributed by atoms with Gasteiger partial charge in [0.2, 0.25) is 0 Å². The molecular weight excluding hydrogens is 126 g/mol. The first-order chi connectivity index (χ1) is 4.74. The predicted molar refractivity (Wildman–Crippen MR) is 41.9 cm³/mol. The third-order valence-electron chi connectivity index (χ3n) is 1.24. The summed E-state index contributed by atoms with van der Waals surface area (Å²) in [6.07, 6.45) is 1.45. The van der Waals surface area contributed by atoms with Crippen molar-refractivity contribution in [3.8, 4) is 0 Å². The first kappa shape index (κ1) is 7.07. The van der Waals surface area contributed by atoms with Crippen LogP contribution in [0.4, 0.5) is 4.39 Å². The van der Waals surface area contributed by atoms with E-state index in [4.69, 9.17) is 7.85 Å². The van der Waals surface area contributed by atoms with E-state index in [2.05, 4.69) is 6.58 Å². The van der Waals surface area contributed by atoms with Crippen LogP contribution in [0.25, 0.3) is 6.08 Å². The minimum atomic E-state index is -0.324. The average molecular weight is 132 g/mol. The molecule has 1 aromatic carbocycles. The third kappa shape index (κ3) is 1.27. The van der Waals surface area contributed by atoms with Crippen LogP contribution in [0.2, 0.25) is 0 Å². The van der Waals surface area contributed by atoms with Crippen LogP contribution in [0.3, 0.4) is 0 Å². The highest BCUT2D eigenvalue weighted by Gasteiger charge is 1.95. The fourth-order valence-corrected chi connectivity index (χ4v) is 0.709. The molecule has 0 unspecified atom stereocenters. The van der Waals surface area contributed by atoms with Crippen LogP contribution in [-0.4, -0.2) is 7.85 Å². The highest BCUT2D eigenvalue weighted by Crippen LogP contribution is 2.04. The Bertz CT molecular complexity index is 255. The van der Waals surface area contributed by atoms with Crippen molar-refractivity contribution in [2.24, 2.45) is 0 Å². The summed E-state index contributed by atoms with van der Waals surface area (Å²) in [4.78, 5) is 0. The van der Waals surface area contributed by atoms with Gasteiger partial charge in [0, 0.05) is 5.56 Å². The molecule has 0 aromatic heterocycles. The summed E-state index contributed by atoms with van der Waals surface area (Å²) in [5, 5.41) is 0. The van der Waals surface area contributed by atoms with E-state index in [1.807, 2.05) is 0 Å². The molecule has 0 aliphatic heterocycles. The summed E-state index contributed by atoms with van der Waals surface area (Å²) in [7, 11) is 5.31. The quantitative estimate of drug-likeness (QED) is 0.504. The number of rotatable bonds is 1. The topological polar surface area (TPSA) is 0 Å². The minimum absolute atomic E-state index is 0.324. The Labute approximate surface area is 60.8 Å². The average Bonchev–Trinajstić information content (AvgIpc) is 1.88. The van der Waals surface area contributed by atoms with Gasteiger partial charge in [0.25, 0.3) is 0 Å². The molecule has 0 N–H and O–H groups in total. The van der Waals surface area contributed by atoms with Gasteiger partial charge in [-0.05, 0) is 6.07 Å². The number of benzene rings is 1. The molecule has 48 valence electrons. The molecule has 0 atom stereocenters. The second kappa shape index (κ2) is 2.69. The van der Waals surface area contributed by atoms with Crippen LogP contribution in [0.15, 0.2) is 24.8 Å². The Kier molecular flexibility index (Phi) is 1.90. The van der Waals surface area contributed by atoms with Gasteiger partial charge < -0.3 is 0 Å². The van der Waals surface area contributed by atoms with Crippen LogP contribution in [-0.2, 0) is 0 Å². The molecule has 0 aliphatic carbocycles. The zero-order valence-electron chi connectivity index (χ0n) is 5.47. The molecule has 0 saturated heterocycles. The van der Waals surface area contributed by atoms with E-state index in [9.17, 15) is 4.39 Å². The highest BCUT2D eigenvalue weighted by molar-refractivity contribution is 6.32. The summed E-state index contributed by atoms with van der Waals surface area (Å²) in [5.74, 6) is -0.324. The van der Waals surface area contributed by atoms with Crippen molar-refractivity contribution in [1.82, 2.24) is 0 Å². The zero-order chi connectivity index (χ0) is 7.56. The van der Waals surface area contributed by atoms with Crippen molar-refractivity contribution in [1.29, 1.82) is 0 Å². The van der Waals surface area contributed by atoms with Gasteiger partial charge in [-0.3, -0.25) is 0 Å². The Balaban J connectivity index is 3.19. The van der Waals surface area contributed by atoms with Crippen molar-refractivity contribution in [2.75, 3.05) is 0 Å². The second-order valence-electron chi connectivity index (χ2n) is 1.99. The van der Waals surface area contributed by atoms with Gasteiger partial charge in [-0.1, -0.05) is 30.3 Å². The smallest absolute Gasteiger partial charge is 0.129 e. The van der Waals surface area contributed by atoms with Crippen LogP contribution in [0.5, 0.6) is 0 Å². The summed E-state index contributed by atoms with van der Waals surface area (Å²) in [6, 6.07) is 4.51. The maximum atomic E-state index is 12.7. The van der Waals surface area contributed by atoms with Crippen molar-refractivity contribution >= 4 is 19.4 Å². The summed E-state index contributed by atoms with van der Waals surface area (Å²) in [6.45, 7) is 3.44. The third-order valence-corrected chi connectivity index (χ3v) is 1.24. The fraction of sp³-hybridized carbons (Fsp3) is 0. The SMILES string of the molecule is [B]c1ccc(C=C)c(F)c1. The lowest BCUT2D eigenvalue weighted by atomic mass is 9.95. The van der Waals surface area contributed by atoms with Gasteiger partial charge in [-0.2, -0.15) is 0 Å². The van der Waals surface area contributed by atoms with E-state index in [1.54, 1.807) is 12.1 Å². The van der Waals surface area contributed by atoms with E-state index in [0.29, 0.717) is 11.0 Å². The van der Waals surface area contributed by atoms with Crippen molar-refractivity contribution < 1.29 is 4.39 Å². The molecule has 0 nitrogen and oxygen atoms in total. The minimum Gasteiger partial charge on any atom is -0.206 e. The van der Waals surface area contributed by atoms with E-state index in [-0.39, 0.29) is 5.82 Å². The number of halogens is 1. The Hall–Kier alpha value is -1.05. The van der Waals surface area contributed by atoms with Gasteiger partial charge in [-0.25, -0.2) is 4.39 Å². The molecule has 0 amide bonds. The molecule has 2 heteroatoms. The molecule has 1 aromatic rings. The van der Waals surface area contributed by atoms with Crippen LogP contribution >= 0.6 is 0 Å². The lowest BCUT2D eigenvalue weighted by molar-refractivity contribution is 0.626. The van der Waals surface area contributed by atoms with Crippen molar-refractivity contribution in [2.45, 2.75) is 0 Å². The van der Waals surface area contributed by atoms with Gasteiger partial charge in [0.05, 0.1) is 0 Å². The first-order valence-electron chi connectivity index (χ1n) is 2.91. The monoisotopic (exact) mass is 132 g/mol. The first-order valence-corrected chi connectivity index (χ1v) is 2.91. The molecule has 0 fully saturated rings. The second-order valence-corrected chi connectivity index (χ2v) is 1.99. The van der Waals surface area contributed by atoms with E-state index >= 15 is 0 Å². The largest absolute Gasteiger partial charge is 0.206 e. The van der Waals surface area contributed by atoms with Crippen molar-refractivity contribution in [3.05, 3.63) is 36.2 Å². The van der Waals surface area contributed by atoms with Gasteiger partial charge >= 0.3 is 0 Å². The van der Waals surface area contributed by atoms with E-state index < -0.39 is 0 Å². The van der Waals surface area contributed by atoms with Crippen LogP contribution < -0.4 is 5.46 Å².